The van der Waals surface area contributed by atoms with Crippen LogP contribution in [0, 0.1) is 0 Å². The number of unbranched alkanes of at least 4 members (excludes halogenated alkanes) is 1. The minimum Gasteiger partial charge on any atom is -0.495 e. The fraction of sp³-hybridized carbons (Fsp3) is 0.538. The summed E-state index contributed by atoms with van der Waals surface area (Å²) in [5, 5.41) is 10.1. The van der Waals surface area contributed by atoms with Crippen molar-refractivity contribution in [2.24, 2.45) is 0 Å². The molecular formula is C13H19BrO3. The first-order valence-corrected chi connectivity index (χ1v) is 6.53. The Morgan fingerprint density at radius 3 is 2.53 bits per heavy atom. The predicted molar refractivity (Wildman–Crippen MR) is 71.7 cm³/mol. The summed E-state index contributed by atoms with van der Waals surface area (Å²) in [6.45, 7) is 2.11. The van der Waals surface area contributed by atoms with Crippen LogP contribution in [-0.4, -0.2) is 19.3 Å². The molecule has 4 heteroatoms. The summed E-state index contributed by atoms with van der Waals surface area (Å²) in [4.78, 5) is 0. The zero-order valence-corrected chi connectivity index (χ0v) is 12.1. The van der Waals surface area contributed by atoms with Gasteiger partial charge in [0.1, 0.15) is 16.0 Å². The smallest absolute Gasteiger partial charge is 0.142 e. The highest BCUT2D eigenvalue weighted by atomic mass is 79.9. The molecule has 0 aliphatic heterocycles. The normalized spacial score (nSPS) is 12.3. The van der Waals surface area contributed by atoms with Gasteiger partial charge in [-0.05, 0) is 34.5 Å². The largest absolute Gasteiger partial charge is 0.495 e. The van der Waals surface area contributed by atoms with E-state index in [4.69, 9.17) is 9.47 Å². The second kappa shape index (κ2) is 6.87. The molecule has 0 aromatic heterocycles. The lowest BCUT2D eigenvalue weighted by atomic mass is 10.0. The Labute approximate surface area is 111 Å². The summed E-state index contributed by atoms with van der Waals surface area (Å²) >= 11 is 3.43. The molecule has 3 nitrogen and oxygen atoms in total. The number of rotatable bonds is 6. The molecule has 1 N–H and O–H groups in total. The lowest BCUT2D eigenvalue weighted by molar-refractivity contribution is 0.160. The van der Waals surface area contributed by atoms with Crippen molar-refractivity contribution in [1.29, 1.82) is 0 Å². The molecule has 17 heavy (non-hydrogen) atoms. The Balaban J connectivity index is 3.03. The topological polar surface area (TPSA) is 38.7 Å². The van der Waals surface area contributed by atoms with Crippen molar-refractivity contribution in [2.45, 2.75) is 32.3 Å². The zero-order chi connectivity index (χ0) is 12.8. The fourth-order valence-corrected chi connectivity index (χ4v) is 2.42. The number of halogens is 1. The lowest BCUT2D eigenvalue weighted by Gasteiger charge is -2.17. The van der Waals surface area contributed by atoms with E-state index in [2.05, 4.69) is 22.9 Å². The van der Waals surface area contributed by atoms with E-state index in [1.54, 1.807) is 14.2 Å². The van der Waals surface area contributed by atoms with Crippen LogP contribution in [0.4, 0.5) is 0 Å². The molecule has 1 rings (SSSR count). The monoisotopic (exact) mass is 302 g/mol. The summed E-state index contributed by atoms with van der Waals surface area (Å²) in [5.41, 5.74) is 0.800. The van der Waals surface area contributed by atoms with Crippen LogP contribution in [0.2, 0.25) is 0 Å². The van der Waals surface area contributed by atoms with Crippen molar-refractivity contribution in [3.05, 3.63) is 22.2 Å². The SMILES string of the molecule is CCCCC(O)c1ccc(OC)c(Br)c1OC. The van der Waals surface area contributed by atoms with E-state index in [0.29, 0.717) is 11.5 Å². The van der Waals surface area contributed by atoms with Gasteiger partial charge in [0.15, 0.2) is 0 Å². The summed E-state index contributed by atoms with van der Waals surface area (Å²) in [6, 6.07) is 3.68. The summed E-state index contributed by atoms with van der Waals surface area (Å²) < 4.78 is 11.3. The van der Waals surface area contributed by atoms with Gasteiger partial charge in [-0.3, -0.25) is 0 Å². The van der Waals surface area contributed by atoms with Gasteiger partial charge >= 0.3 is 0 Å². The van der Waals surface area contributed by atoms with Crippen molar-refractivity contribution in [1.82, 2.24) is 0 Å². The van der Waals surface area contributed by atoms with Gasteiger partial charge in [-0.25, -0.2) is 0 Å². The Bertz CT molecular complexity index is 366. The van der Waals surface area contributed by atoms with Gasteiger partial charge < -0.3 is 14.6 Å². The van der Waals surface area contributed by atoms with Crippen LogP contribution in [0.25, 0.3) is 0 Å². The van der Waals surface area contributed by atoms with Gasteiger partial charge in [-0.2, -0.15) is 0 Å². The van der Waals surface area contributed by atoms with Crippen molar-refractivity contribution in [3.63, 3.8) is 0 Å². The van der Waals surface area contributed by atoms with Gasteiger partial charge in [-0.15, -0.1) is 0 Å². The maximum Gasteiger partial charge on any atom is 0.142 e. The molecule has 0 aliphatic rings. The Morgan fingerprint density at radius 1 is 1.29 bits per heavy atom. The molecule has 1 aromatic carbocycles. The van der Waals surface area contributed by atoms with Crippen LogP contribution in [0.5, 0.6) is 11.5 Å². The number of aliphatic hydroxyl groups is 1. The third kappa shape index (κ3) is 3.36. The van der Waals surface area contributed by atoms with Crippen LogP contribution in [-0.2, 0) is 0 Å². The number of aliphatic hydroxyl groups excluding tert-OH is 1. The van der Waals surface area contributed by atoms with E-state index in [1.807, 2.05) is 12.1 Å². The van der Waals surface area contributed by atoms with Gasteiger partial charge in [0.05, 0.1) is 20.3 Å². The number of ether oxygens (including phenoxy) is 2. The predicted octanol–water partition coefficient (Wildman–Crippen LogP) is 3.69. The molecule has 0 saturated carbocycles. The van der Waals surface area contributed by atoms with Crippen molar-refractivity contribution < 1.29 is 14.6 Å². The highest BCUT2D eigenvalue weighted by Gasteiger charge is 2.18. The number of methoxy groups -OCH3 is 2. The van der Waals surface area contributed by atoms with E-state index in [9.17, 15) is 5.11 Å². The first kappa shape index (κ1) is 14.3. The average molecular weight is 303 g/mol. The molecule has 1 atom stereocenters. The average Bonchev–Trinajstić information content (AvgIpc) is 2.35. The Kier molecular flexibility index (Phi) is 5.78. The fourth-order valence-electron chi connectivity index (χ4n) is 1.73. The van der Waals surface area contributed by atoms with Crippen LogP contribution >= 0.6 is 15.9 Å². The third-order valence-corrected chi connectivity index (χ3v) is 3.46. The van der Waals surface area contributed by atoms with Crippen LogP contribution < -0.4 is 9.47 Å². The molecule has 0 bridgehead atoms. The molecule has 1 unspecified atom stereocenters. The highest BCUT2D eigenvalue weighted by Crippen LogP contribution is 2.40. The lowest BCUT2D eigenvalue weighted by Crippen LogP contribution is -2.02. The van der Waals surface area contributed by atoms with E-state index >= 15 is 0 Å². The Hall–Kier alpha value is -0.740. The number of hydrogen-bond donors (Lipinski definition) is 1. The van der Waals surface area contributed by atoms with Crippen molar-refractivity contribution in [2.75, 3.05) is 14.2 Å². The van der Waals surface area contributed by atoms with Crippen LogP contribution in [0.3, 0.4) is 0 Å². The second-order valence-corrected chi connectivity index (χ2v) is 4.66. The van der Waals surface area contributed by atoms with E-state index < -0.39 is 6.10 Å². The van der Waals surface area contributed by atoms with Gasteiger partial charge in [-0.1, -0.05) is 19.8 Å². The minimum absolute atomic E-state index is 0.493. The minimum atomic E-state index is -0.493. The quantitative estimate of drug-likeness (QED) is 0.871. The second-order valence-electron chi connectivity index (χ2n) is 3.86. The van der Waals surface area contributed by atoms with Gasteiger partial charge in [0, 0.05) is 5.56 Å². The first-order valence-electron chi connectivity index (χ1n) is 5.74. The summed E-state index contributed by atoms with van der Waals surface area (Å²) in [6.07, 6.45) is 2.31. The van der Waals surface area contributed by atoms with Gasteiger partial charge in [0.25, 0.3) is 0 Å². The standard InChI is InChI=1S/C13H19BrO3/c1-4-5-6-10(15)9-7-8-11(16-2)12(14)13(9)17-3/h7-8,10,15H,4-6H2,1-3H3. The van der Waals surface area contributed by atoms with Crippen molar-refractivity contribution >= 4 is 15.9 Å². The maximum atomic E-state index is 10.1. The summed E-state index contributed by atoms with van der Waals surface area (Å²) in [7, 11) is 3.20. The number of benzene rings is 1. The van der Waals surface area contributed by atoms with E-state index in [-0.39, 0.29) is 0 Å². The molecule has 0 fully saturated rings. The number of hydrogen-bond acceptors (Lipinski definition) is 3. The zero-order valence-electron chi connectivity index (χ0n) is 10.5. The molecule has 1 aromatic rings. The summed E-state index contributed by atoms with van der Waals surface area (Å²) in [5.74, 6) is 1.35. The maximum absolute atomic E-state index is 10.1. The molecule has 0 heterocycles. The van der Waals surface area contributed by atoms with Crippen LogP contribution in [0.15, 0.2) is 16.6 Å². The Morgan fingerprint density at radius 2 is 2.00 bits per heavy atom. The molecule has 0 spiro atoms. The molecular weight excluding hydrogens is 284 g/mol. The molecule has 0 amide bonds. The first-order chi connectivity index (χ1) is 8.15. The van der Waals surface area contributed by atoms with Crippen molar-refractivity contribution in [3.8, 4) is 11.5 Å². The molecule has 0 aliphatic carbocycles. The van der Waals surface area contributed by atoms with Crippen LogP contribution in [0.1, 0.15) is 37.9 Å². The van der Waals surface area contributed by atoms with Gasteiger partial charge in [0.2, 0.25) is 0 Å². The molecule has 0 radical (unpaired) electrons. The third-order valence-electron chi connectivity index (χ3n) is 2.71. The highest BCUT2D eigenvalue weighted by molar-refractivity contribution is 9.10. The van der Waals surface area contributed by atoms with E-state index in [0.717, 1.165) is 29.3 Å². The molecule has 96 valence electrons. The molecule has 0 saturated heterocycles. The van der Waals surface area contributed by atoms with E-state index in [1.165, 1.54) is 0 Å².